The molecule has 5 heteroatoms. The molecule has 72 valence electrons. The second-order valence-corrected chi connectivity index (χ2v) is 5.41. The highest BCUT2D eigenvalue weighted by molar-refractivity contribution is 6.29. The Kier molecular flexibility index (Phi) is 35.9. The van der Waals surface area contributed by atoms with Gasteiger partial charge in [-0.3, -0.25) is 0 Å². The van der Waals surface area contributed by atoms with Crippen molar-refractivity contribution in [1.82, 2.24) is 9.55 Å². The first-order chi connectivity index (χ1) is 5.18. The van der Waals surface area contributed by atoms with Gasteiger partial charge in [0.1, 0.15) is 0 Å². The van der Waals surface area contributed by atoms with Crippen LogP contribution in [0.1, 0.15) is 0 Å². The van der Waals surface area contributed by atoms with E-state index in [1.54, 1.807) is 0 Å². The van der Waals surface area contributed by atoms with Gasteiger partial charge in [0.05, 0.1) is 19.4 Å². The van der Waals surface area contributed by atoms with Gasteiger partial charge in [0.2, 0.25) is 0 Å². The topological polar surface area (TPSA) is 15.3 Å². The Bertz CT molecular complexity index is 42.8. The van der Waals surface area contributed by atoms with Crippen molar-refractivity contribution in [2.45, 2.75) is 19.6 Å². The predicted molar refractivity (Wildman–Crippen MR) is 67.4 cm³/mol. The lowest BCUT2D eigenvalue weighted by Crippen LogP contribution is -2.12. The zero-order chi connectivity index (χ0) is 9.70. The van der Waals surface area contributed by atoms with Crippen molar-refractivity contribution in [2.75, 3.05) is 21.1 Å². The normalized spacial score (nSPS) is 10.1. The van der Waals surface area contributed by atoms with Crippen molar-refractivity contribution in [3.8, 4) is 0 Å². The summed E-state index contributed by atoms with van der Waals surface area (Å²) in [5.74, 6) is 0. The van der Waals surface area contributed by atoms with Gasteiger partial charge >= 0.3 is 0 Å². The van der Waals surface area contributed by atoms with Crippen LogP contribution in [-0.4, -0.2) is 55.3 Å². The smallest absolute Gasteiger partial charge is 0.0913 e. The SMILES string of the molecule is CN[SiH2]C.C[SiH2]N(C)C.C[SiH3]. The number of nitrogens with one attached hydrogen (secondary N) is 1. The molecule has 0 aliphatic heterocycles. The van der Waals surface area contributed by atoms with E-state index in [0.29, 0.717) is 0 Å². The first-order valence-electron chi connectivity index (χ1n) is 4.48. The van der Waals surface area contributed by atoms with Gasteiger partial charge < -0.3 is 9.55 Å². The molecular weight excluding hydrogens is 184 g/mol. The summed E-state index contributed by atoms with van der Waals surface area (Å²) in [5, 5.41) is 0. The molecule has 2 nitrogen and oxygen atoms in total. The van der Waals surface area contributed by atoms with Gasteiger partial charge in [0, 0.05) is 0 Å². The standard InChI is InChI=1S/C3H11NSi.C2H9NSi.CH6Si/c1-4(2)5-3;1-3-4-2;1-2/h5H2,1-3H3;3H,4H2,1-2H3;1-2H3. The highest BCUT2D eigenvalue weighted by atomic mass is 28.2. The largest absolute Gasteiger partial charge is 0.345 e. The summed E-state index contributed by atoms with van der Waals surface area (Å²) in [4.78, 5) is 3.07. The summed E-state index contributed by atoms with van der Waals surface area (Å²) in [6, 6.07) is 0. The maximum Gasteiger partial charge on any atom is 0.0913 e. The van der Waals surface area contributed by atoms with E-state index >= 15 is 0 Å². The zero-order valence-corrected chi connectivity index (χ0v) is 14.2. The van der Waals surface area contributed by atoms with E-state index in [0.717, 1.165) is 0 Å². The molecule has 0 aromatic carbocycles. The lowest BCUT2D eigenvalue weighted by Gasteiger charge is -1.99. The molecule has 0 radical (unpaired) electrons. The van der Waals surface area contributed by atoms with Crippen LogP contribution < -0.4 is 4.98 Å². The lowest BCUT2D eigenvalue weighted by atomic mass is 11.3. The predicted octanol–water partition coefficient (Wildman–Crippen LogP) is -1.58. The summed E-state index contributed by atoms with van der Waals surface area (Å²) in [6.45, 7) is 6.61. The Morgan fingerprint density at radius 3 is 1.36 bits per heavy atom. The molecule has 0 aliphatic carbocycles. The Hall–Kier alpha value is 0.571. The molecule has 0 heterocycles. The fourth-order valence-electron chi connectivity index (χ4n) is 0. The molecule has 0 bridgehead atoms. The third kappa shape index (κ3) is 60.9. The van der Waals surface area contributed by atoms with E-state index in [4.69, 9.17) is 0 Å². The number of hydrogen-bond acceptors (Lipinski definition) is 2. The quantitative estimate of drug-likeness (QED) is 0.554. The molecule has 0 spiro atoms. The Morgan fingerprint density at radius 1 is 1.18 bits per heavy atom. The zero-order valence-electron chi connectivity index (χ0n) is 9.36. The van der Waals surface area contributed by atoms with Crippen molar-refractivity contribution >= 4 is 29.6 Å². The van der Waals surface area contributed by atoms with E-state index in [1.807, 2.05) is 7.05 Å². The third-order valence-electron chi connectivity index (χ3n) is 0.986. The van der Waals surface area contributed by atoms with Crippen molar-refractivity contribution < 1.29 is 0 Å². The molecule has 0 amide bonds. The van der Waals surface area contributed by atoms with E-state index in [1.165, 1.54) is 10.2 Å². The van der Waals surface area contributed by atoms with E-state index < -0.39 is 0 Å². The first kappa shape index (κ1) is 17.6. The molecule has 0 aliphatic rings. The number of rotatable bonds is 2. The Morgan fingerprint density at radius 2 is 1.36 bits per heavy atom. The van der Waals surface area contributed by atoms with Gasteiger partial charge in [-0.25, -0.2) is 0 Å². The minimum Gasteiger partial charge on any atom is -0.345 e. The fraction of sp³-hybridized carbons (Fsp3) is 1.00. The van der Waals surface area contributed by atoms with Gasteiger partial charge in [0.15, 0.2) is 0 Å². The van der Waals surface area contributed by atoms with Crippen LogP contribution in [0.15, 0.2) is 0 Å². The summed E-state index contributed by atoms with van der Waals surface area (Å²) >= 11 is 0. The fourth-order valence-corrected chi connectivity index (χ4v) is 0. The van der Waals surface area contributed by atoms with Gasteiger partial charge in [-0.05, 0) is 31.4 Å². The average Bonchev–Trinajstić information content (AvgIpc) is 2.08. The second-order valence-electron chi connectivity index (χ2n) is 2.10. The van der Waals surface area contributed by atoms with Crippen LogP contribution in [-0.2, 0) is 0 Å². The molecule has 0 atom stereocenters. The molecule has 0 unspecified atom stereocenters. The number of nitrogens with zero attached hydrogens (tertiary/aromatic N) is 1. The van der Waals surface area contributed by atoms with Crippen molar-refractivity contribution in [2.24, 2.45) is 0 Å². The summed E-state index contributed by atoms with van der Waals surface area (Å²) in [7, 11) is 7.89. The third-order valence-corrected chi connectivity index (χ3v) is 2.96. The monoisotopic (exact) mass is 210 g/mol. The lowest BCUT2D eigenvalue weighted by molar-refractivity contribution is 0.665. The molecular formula is C6H26N2Si3. The van der Waals surface area contributed by atoms with Gasteiger partial charge in [-0.15, -0.1) is 0 Å². The molecule has 0 rings (SSSR count). The summed E-state index contributed by atoms with van der Waals surface area (Å²) in [5.41, 5.74) is 0. The van der Waals surface area contributed by atoms with Crippen LogP contribution in [0.4, 0.5) is 0 Å². The van der Waals surface area contributed by atoms with Crippen molar-refractivity contribution in [1.29, 1.82) is 0 Å². The van der Waals surface area contributed by atoms with Crippen LogP contribution >= 0.6 is 0 Å². The van der Waals surface area contributed by atoms with Crippen LogP contribution in [0.25, 0.3) is 0 Å². The maximum atomic E-state index is 3.07. The van der Waals surface area contributed by atoms with E-state index in [2.05, 4.69) is 43.3 Å². The Balaban J connectivity index is -0.0000000965. The minimum absolute atomic E-state index is 0.174. The average molecular weight is 211 g/mol. The molecule has 0 aromatic rings. The number of hydrogen-bond donors (Lipinski definition) is 1. The first-order valence-corrected chi connectivity index (χ1v) is 10.6. The summed E-state index contributed by atoms with van der Waals surface area (Å²) in [6.07, 6.45) is 0. The molecule has 0 saturated heterocycles. The molecule has 0 aromatic heterocycles. The van der Waals surface area contributed by atoms with Crippen LogP contribution in [0.2, 0.25) is 19.6 Å². The molecule has 0 saturated carbocycles. The summed E-state index contributed by atoms with van der Waals surface area (Å²) < 4.78 is 2.26. The second kappa shape index (κ2) is 22.4. The van der Waals surface area contributed by atoms with E-state index in [9.17, 15) is 0 Å². The maximum absolute atomic E-state index is 3.07. The van der Waals surface area contributed by atoms with Crippen molar-refractivity contribution in [3.05, 3.63) is 0 Å². The van der Waals surface area contributed by atoms with Gasteiger partial charge in [-0.2, -0.15) is 0 Å². The Labute approximate surface area is 80.4 Å². The van der Waals surface area contributed by atoms with Gasteiger partial charge in [-0.1, -0.05) is 19.6 Å². The van der Waals surface area contributed by atoms with Crippen LogP contribution in [0.5, 0.6) is 0 Å². The highest BCUT2D eigenvalue weighted by Crippen LogP contribution is 1.60. The van der Waals surface area contributed by atoms with E-state index in [-0.39, 0.29) is 19.4 Å². The molecule has 1 N–H and O–H groups in total. The van der Waals surface area contributed by atoms with Gasteiger partial charge in [0.25, 0.3) is 0 Å². The molecule has 0 fully saturated rings. The molecule has 11 heavy (non-hydrogen) atoms. The van der Waals surface area contributed by atoms with Crippen LogP contribution in [0.3, 0.4) is 0 Å². The van der Waals surface area contributed by atoms with Crippen LogP contribution in [0, 0.1) is 0 Å². The van der Waals surface area contributed by atoms with Crippen molar-refractivity contribution in [3.63, 3.8) is 0 Å². The minimum atomic E-state index is 0.174. The highest BCUT2D eigenvalue weighted by Gasteiger charge is 1.73.